The molecule has 3 heteroatoms. The van der Waals surface area contributed by atoms with Gasteiger partial charge in [-0.3, -0.25) is 4.68 Å². The molecule has 0 saturated carbocycles. The van der Waals surface area contributed by atoms with Gasteiger partial charge in [-0.15, -0.1) is 0 Å². The number of nitrogens with one attached hydrogen (secondary N) is 1. The molecule has 0 bridgehead atoms. The molecule has 0 aliphatic carbocycles. The van der Waals surface area contributed by atoms with Crippen molar-refractivity contribution >= 4 is 0 Å². The van der Waals surface area contributed by atoms with E-state index in [1.54, 1.807) is 0 Å². The zero-order chi connectivity index (χ0) is 13.4. The molecule has 1 N–H and O–H groups in total. The molecule has 1 aromatic heterocycles. The Hall–Kier alpha value is -0.830. The van der Waals surface area contributed by atoms with E-state index < -0.39 is 0 Å². The Kier molecular flexibility index (Phi) is 7.02. The van der Waals surface area contributed by atoms with E-state index >= 15 is 0 Å². The maximum atomic E-state index is 4.71. The van der Waals surface area contributed by atoms with Gasteiger partial charge in [-0.25, -0.2) is 0 Å². The number of aryl methyl sites for hydroxylation is 2. The molecule has 104 valence electrons. The number of rotatable bonds is 9. The lowest BCUT2D eigenvalue weighted by Crippen LogP contribution is -2.18. The average Bonchev–Trinajstić information content (AvgIpc) is 2.81. The van der Waals surface area contributed by atoms with Gasteiger partial charge in [0.05, 0.1) is 5.69 Å². The maximum Gasteiger partial charge on any atom is 0.0624 e. The zero-order valence-electron chi connectivity index (χ0n) is 12.5. The molecular weight excluding hydrogens is 222 g/mol. The molecule has 3 nitrogen and oxygen atoms in total. The smallest absolute Gasteiger partial charge is 0.0624 e. The summed E-state index contributed by atoms with van der Waals surface area (Å²) in [7, 11) is 0. The molecule has 1 rings (SSSR count). The first-order chi connectivity index (χ1) is 8.72. The first-order valence-corrected chi connectivity index (χ1v) is 7.50. The standard InChI is InChI=1S/C15H29N3/c1-5-10-16-11-8-9-13(4)18-15(7-3)12-14(6-2)17-18/h12-13,16H,5-11H2,1-4H3. The average molecular weight is 251 g/mol. The minimum absolute atomic E-state index is 0.517. The van der Waals surface area contributed by atoms with Gasteiger partial charge in [-0.1, -0.05) is 20.8 Å². The van der Waals surface area contributed by atoms with Crippen LogP contribution in [0.1, 0.15) is 64.4 Å². The largest absolute Gasteiger partial charge is 0.317 e. The summed E-state index contributed by atoms with van der Waals surface area (Å²) in [5, 5.41) is 8.17. The Bertz CT molecular complexity index is 330. The van der Waals surface area contributed by atoms with E-state index in [1.165, 1.54) is 30.7 Å². The Labute approximate surface area is 112 Å². The van der Waals surface area contributed by atoms with Gasteiger partial charge < -0.3 is 5.32 Å². The molecule has 0 aromatic carbocycles. The quantitative estimate of drug-likeness (QED) is 0.682. The molecule has 0 aliphatic heterocycles. The molecule has 0 saturated heterocycles. The Morgan fingerprint density at radius 1 is 1.22 bits per heavy atom. The highest BCUT2D eigenvalue weighted by Crippen LogP contribution is 2.17. The molecule has 1 aromatic rings. The molecule has 0 spiro atoms. The summed E-state index contributed by atoms with van der Waals surface area (Å²) in [5.41, 5.74) is 2.60. The highest BCUT2D eigenvalue weighted by molar-refractivity contribution is 5.11. The minimum atomic E-state index is 0.517. The van der Waals surface area contributed by atoms with Crippen LogP contribution in [0.5, 0.6) is 0 Å². The SMILES string of the molecule is CCCNCCCC(C)n1nc(CC)cc1CC. The van der Waals surface area contributed by atoms with Crippen LogP contribution in [0.4, 0.5) is 0 Å². The number of hydrogen-bond acceptors (Lipinski definition) is 2. The van der Waals surface area contributed by atoms with Crippen LogP contribution < -0.4 is 5.32 Å². The third-order valence-corrected chi connectivity index (χ3v) is 3.41. The van der Waals surface area contributed by atoms with Gasteiger partial charge in [-0.2, -0.15) is 5.10 Å². The van der Waals surface area contributed by atoms with Gasteiger partial charge in [-0.05, 0) is 58.2 Å². The predicted molar refractivity (Wildman–Crippen MR) is 78.1 cm³/mol. The molecule has 0 amide bonds. The van der Waals surface area contributed by atoms with Crippen molar-refractivity contribution < 1.29 is 0 Å². The number of hydrogen-bond donors (Lipinski definition) is 1. The van der Waals surface area contributed by atoms with E-state index in [1.807, 2.05) is 0 Å². The number of nitrogens with zero attached hydrogens (tertiary/aromatic N) is 2. The second-order valence-corrected chi connectivity index (χ2v) is 5.02. The monoisotopic (exact) mass is 251 g/mol. The minimum Gasteiger partial charge on any atom is -0.317 e. The van der Waals surface area contributed by atoms with Crippen LogP contribution in [0.25, 0.3) is 0 Å². The second-order valence-electron chi connectivity index (χ2n) is 5.02. The fraction of sp³-hybridized carbons (Fsp3) is 0.800. The summed E-state index contributed by atoms with van der Waals surface area (Å²) in [6, 6.07) is 2.77. The number of aromatic nitrogens is 2. The lowest BCUT2D eigenvalue weighted by atomic mass is 10.1. The van der Waals surface area contributed by atoms with Crippen molar-refractivity contribution in [3.05, 3.63) is 17.5 Å². The maximum absolute atomic E-state index is 4.71. The summed E-state index contributed by atoms with van der Waals surface area (Å²) >= 11 is 0. The molecule has 1 atom stereocenters. The summed E-state index contributed by atoms with van der Waals surface area (Å²) in [6.45, 7) is 11.1. The molecule has 0 radical (unpaired) electrons. The van der Waals surface area contributed by atoms with E-state index in [9.17, 15) is 0 Å². The Morgan fingerprint density at radius 3 is 2.61 bits per heavy atom. The van der Waals surface area contributed by atoms with Crippen molar-refractivity contribution in [1.29, 1.82) is 0 Å². The van der Waals surface area contributed by atoms with Crippen molar-refractivity contribution in [2.45, 2.75) is 65.8 Å². The van der Waals surface area contributed by atoms with Crippen LogP contribution >= 0.6 is 0 Å². The third kappa shape index (κ3) is 4.45. The highest BCUT2D eigenvalue weighted by Gasteiger charge is 2.11. The summed E-state index contributed by atoms with van der Waals surface area (Å²) in [6.07, 6.45) is 5.75. The van der Waals surface area contributed by atoms with E-state index in [0.29, 0.717) is 6.04 Å². The fourth-order valence-electron chi connectivity index (χ4n) is 2.25. The van der Waals surface area contributed by atoms with E-state index in [2.05, 4.69) is 43.8 Å². The normalized spacial score (nSPS) is 12.9. The van der Waals surface area contributed by atoms with Crippen LogP contribution in [0, 0.1) is 0 Å². The Balaban J connectivity index is 2.44. The topological polar surface area (TPSA) is 29.9 Å². The zero-order valence-corrected chi connectivity index (χ0v) is 12.5. The van der Waals surface area contributed by atoms with Crippen LogP contribution in [0.15, 0.2) is 6.07 Å². The molecule has 1 heterocycles. The van der Waals surface area contributed by atoms with Gasteiger partial charge in [0.25, 0.3) is 0 Å². The van der Waals surface area contributed by atoms with Crippen LogP contribution in [0.2, 0.25) is 0 Å². The van der Waals surface area contributed by atoms with E-state index in [4.69, 9.17) is 5.10 Å². The Morgan fingerprint density at radius 2 is 2.00 bits per heavy atom. The van der Waals surface area contributed by atoms with Gasteiger partial charge in [0.2, 0.25) is 0 Å². The molecule has 18 heavy (non-hydrogen) atoms. The van der Waals surface area contributed by atoms with Crippen molar-refractivity contribution in [2.24, 2.45) is 0 Å². The highest BCUT2D eigenvalue weighted by atomic mass is 15.3. The fourth-order valence-corrected chi connectivity index (χ4v) is 2.25. The summed E-state index contributed by atoms with van der Waals surface area (Å²) < 4.78 is 2.23. The van der Waals surface area contributed by atoms with Gasteiger partial charge in [0, 0.05) is 11.7 Å². The van der Waals surface area contributed by atoms with Gasteiger partial charge in [0.15, 0.2) is 0 Å². The van der Waals surface area contributed by atoms with Crippen molar-refractivity contribution in [3.63, 3.8) is 0 Å². The van der Waals surface area contributed by atoms with Crippen LogP contribution in [0.3, 0.4) is 0 Å². The molecular formula is C15H29N3. The first-order valence-electron chi connectivity index (χ1n) is 7.50. The van der Waals surface area contributed by atoms with E-state index in [-0.39, 0.29) is 0 Å². The van der Waals surface area contributed by atoms with E-state index in [0.717, 1.165) is 25.9 Å². The third-order valence-electron chi connectivity index (χ3n) is 3.41. The molecule has 1 unspecified atom stereocenters. The molecule has 0 fully saturated rings. The van der Waals surface area contributed by atoms with Crippen LogP contribution in [-0.4, -0.2) is 22.9 Å². The van der Waals surface area contributed by atoms with Gasteiger partial charge >= 0.3 is 0 Å². The lowest BCUT2D eigenvalue weighted by molar-refractivity contribution is 0.425. The van der Waals surface area contributed by atoms with Crippen molar-refractivity contribution in [2.75, 3.05) is 13.1 Å². The van der Waals surface area contributed by atoms with Crippen molar-refractivity contribution in [1.82, 2.24) is 15.1 Å². The lowest BCUT2D eigenvalue weighted by Gasteiger charge is -2.15. The second kappa shape index (κ2) is 8.30. The van der Waals surface area contributed by atoms with Gasteiger partial charge in [0.1, 0.15) is 0 Å². The molecule has 0 aliphatic rings. The summed E-state index contributed by atoms with van der Waals surface area (Å²) in [5.74, 6) is 0. The summed E-state index contributed by atoms with van der Waals surface area (Å²) in [4.78, 5) is 0. The van der Waals surface area contributed by atoms with Crippen molar-refractivity contribution in [3.8, 4) is 0 Å². The first kappa shape index (κ1) is 15.2. The van der Waals surface area contributed by atoms with Crippen LogP contribution in [-0.2, 0) is 12.8 Å². The predicted octanol–water partition coefficient (Wildman–Crippen LogP) is 3.35.